The third-order valence-corrected chi connectivity index (χ3v) is 7.10. The summed E-state index contributed by atoms with van der Waals surface area (Å²) in [4.78, 5) is 19.7. The molecule has 1 amide bonds. The number of hydrazone groups is 1. The van der Waals surface area contributed by atoms with Crippen LogP contribution in [0.1, 0.15) is 29.2 Å². The molecule has 3 aromatic carbocycles. The summed E-state index contributed by atoms with van der Waals surface area (Å²) in [6.45, 7) is 0. The normalized spacial score (nSPS) is 18.4. The second-order valence-corrected chi connectivity index (χ2v) is 9.74. The van der Waals surface area contributed by atoms with Crippen molar-refractivity contribution >= 4 is 40.3 Å². The molecule has 0 spiro atoms. The van der Waals surface area contributed by atoms with E-state index in [0.717, 1.165) is 33.8 Å². The number of carbonyl (C=O) groups is 1. The zero-order chi connectivity index (χ0) is 25.2. The summed E-state index contributed by atoms with van der Waals surface area (Å²) in [6, 6.07) is 22.8. The largest absolute Gasteiger partial charge is 0.508 e. The molecule has 2 aliphatic rings. The summed E-state index contributed by atoms with van der Waals surface area (Å²) in [5, 5.41) is 16.9. The predicted octanol–water partition coefficient (Wildman–Crippen LogP) is 5.29. The maximum absolute atomic E-state index is 12.8. The molecule has 3 aromatic rings. The van der Waals surface area contributed by atoms with E-state index < -0.39 is 0 Å². The molecule has 0 radical (unpaired) electrons. The number of benzene rings is 3. The number of phenols is 1. The van der Waals surface area contributed by atoms with Gasteiger partial charge in [0.15, 0.2) is 5.17 Å². The van der Waals surface area contributed by atoms with E-state index in [0.29, 0.717) is 16.5 Å². The van der Waals surface area contributed by atoms with Crippen LogP contribution in [0.5, 0.6) is 11.5 Å². The fraction of sp³-hybridized carbons (Fsp3) is 0.179. The lowest BCUT2D eigenvalue weighted by molar-refractivity contribution is -0.113. The topological polar surface area (TPSA) is 77.7 Å². The van der Waals surface area contributed by atoms with Crippen LogP contribution in [0.25, 0.3) is 6.08 Å². The lowest BCUT2D eigenvalue weighted by atomic mass is 9.98. The van der Waals surface area contributed by atoms with Gasteiger partial charge in [0.1, 0.15) is 11.5 Å². The van der Waals surface area contributed by atoms with E-state index >= 15 is 0 Å². The minimum absolute atomic E-state index is 0.0922. The Kier molecular flexibility index (Phi) is 6.52. The van der Waals surface area contributed by atoms with Gasteiger partial charge in [0.25, 0.3) is 5.91 Å². The zero-order valence-electron chi connectivity index (χ0n) is 20.3. The van der Waals surface area contributed by atoms with Crippen molar-refractivity contribution in [1.82, 2.24) is 5.01 Å². The summed E-state index contributed by atoms with van der Waals surface area (Å²) in [5.41, 5.74) is 4.95. The number of aromatic hydroxyl groups is 1. The van der Waals surface area contributed by atoms with Gasteiger partial charge in [-0.3, -0.25) is 4.79 Å². The highest BCUT2D eigenvalue weighted by Gasteiger charge is 2.36. The number of thioether (sulfide) groups is 1. The number of hydrogen-bond acceptors (Lipinski definition) is 7. The second-order valence-electron chi connectivity index (χ2n) is 8.73. The Morgan fingerprint density at radius 1 is 1.03 bits per heavy atom. The van der Waals surface area contributed by atoms with Gasteiger partial charge in [-0.25, -0.2) is 5.01 Å². The molecule has 5 rings (SSSR count). The van der Waals surface area contributed by atoms with E-state index in [4.69, 9.17) is 9.84 Å². The molecule has 1 atom stereocenters. The number of ether oxygens (including phenoxy) is 1. The van der Waals surface area contributed by atoms with E-state index in [1.807, 2.05) is 43.4 Å². The van der Waals surface area contributed by atoms with Crippen molar-refractivity contribution in [3.05, 3.63) is 94.4 Å². The number of nitrogens with zero attached hydrogens (tertiary/aromatic N) is 4. The number of amidine groups is 1. The van der Waals surface area contributed by atoms with Gasteiger partial charge in [0.2, 0.25) is 0 Å². The molecular weight excluding hydrogens is 472 g/mol. The fourth-order valence-electron chi connectivity index (χ4n) is 4.12. The molecule has 36 heavy (non-hydrogen) atoms. The minimum atomic E-state index is -0.294. The van der Waals surface area contributed by atoms with Gasteiger partial charge in [0.05, 0.1) is 23.8 Å². The number of hydrogen-bond donors (Lipinski definition) is 1. The van der Waals surface area contributed by atoms with E-state index in [2.05, 4.69) is 34.2 Å². The predicted molar refractivity (Wildman–Crippen MR) is 146 cm³/mol. The molecule has 0 aromatic heterocycles. The standard InChI is InChI=1S/C28H26N4O3S/c1-31(2)21-10-6-20(7-11-21)25-17-24(19-8-14-23(35-3)15-9-19)30-32(25)28-29-27(34)26(36-28)16-18-4-12-22(33)13-5-18/h4-16,25,33H,17H2,1-3H3/b26-16-. The zero-order valence-corrected chi connectivity index (χ0v) is 21.1. The third-order valence-electron chi connectivity index (χ3n) is 6.12. The van der Waals surface area contributed by atoms with Crippen molar-refractivity contribution in [2.45, 2.75) is 12.5 Å². The van der Waals surface area contributed by atoms with Gasteiger partial charge in [-0.15, -0.1) is 0 Å². The molecule has 8 heteroatoms. The third kappa shape index (κ3) is 4.85. The summed E-state index contributed by atoms with van der Waals surface area (Å²) in [6.07, 6.45) is 2.46. The highest BCUT2D eigenvalue weighted by atomic mass is 32.2. The Balaban J connectivity index is 1.47. The van der Waals surface area contributed by atoms with E-state index in [1.54, 1.807) is 37.5 Å². The minimum Gasteiger partial charge on any atom is -0.508 e. The molecule has 2 aliphatic heterocycles. The number of aliphatic imine (C=N–C) groups is 1. The first kappa shape index (κ1) is 23.7. The Morgan fingerprint density at radius 3 is 2.36 bits per heavy atom. The summed E-state index contributed by atoms with van der Waals surface area (Å²) < 4.78 is 5.30. The lowest BCUT2D eigenvalue weighted by Gasteiger charge is -2.23. The van der Waals surface area contributed by atoms with Crippen LogP contribution < -0.4 is 9.64 Å². The molecule has 0 fully saturated rings. The summed E-state index contributed by atoms with van der Waals surface area (Å²) >= 11 is 1.31. The van der Waals surface area contributed by atoms with Gasteiger partial charge >= 0.3 is 0 Å². The van der Waals surface area contributed by atoms with Crippen molar-refractivity contribution < 1.29 is 14.6 Å². The second kappa shape index (κ2) is 9.91. The molecule has 0 saturated heterocycles. The van der Waals surface area contributed by atoms with Crippen LogP contribution >= 0.6 is 11.8 Å². The molecule has 0 aliphatic carbocycles. The Hall–Kier alpha value is -4.04. The van der Waals surface area contributed by atoms with Crippen LogP contribution in [0, 0.1) is 0 Å². The van der Waals surface area contributed by atoms with Crippen molar-refractivity contribution in [2.75, 3.05) is 26.1 Å². The smallest absolute Gasteiger partial charge is 0.286 e. The monoisotopic (exact) mass is 498 g/mol. The molecule has 0 saturated carbocycles. The van der Waals surface area contributed by atoms with Crippen molar-refractivity contribution in [3.8, 4) is 11.5 Å². The maximum Gasteiger partial charge on any atom is 0.286 e. The van der Waals surface area contributed by atoms with Crippen molar-refractivity contribution in [2.24, 2.45) is 10.1 Å². The Morgan fingerprint density at radius 2 is 1.72 bits per heavy atom. The number of methoxy groups -OCH3 is 1. The van der Waals surface area contributed by atoms with Crippen LogP contribution in [0.4, 0.5) is 5.69 Å². The van der Waals surface area contributed by atoms with Gasteiger partial charge < -0.3 is 14.7 Å². The first-order chi connectivity index (χ1) is 17.4. The van der Waals surface area contributed by atoms with E-state index in [1.165, 1.54) is 11.8 Å². The molecule has 1 unspecified atom stereocenters. The quantitative estimate of drug-likeness (QED) is 0.482. The molecule has 2 heterocycles. The SMILES string of the molecule is COc1ccc(C2=NN(C3=NC(=O)/C(=C/c4ccc(O)cc4)S3)C(c3ccc(N(C)C)cc3)C2)cc1. The van der Waals surface area contributed by atoms with Crippen LogP contribution in [-0.4, -0.2) is 48.1 Å². The van der Waals surface area contributed by atoms with Crippen LogP contribution in [0.2, 0.25) is 0 Å². The lowest BCUT2D eigenvalue weighted by Crippen LogP contribution is -2.23. The number of anilines is 1. The Labute approximate surface area is 214 Å². The van der Waals surface area contributed by atoms with Gasteiger partial charge in [-0.05, 0) is 83.1 Å². The first-order valence-electron chi connectivity index (χ1n) is 11.5. The van der Waals surface area contributed by atoms with Gasteiger partial charge in [-0.2, -0.15) is 10.1 Å². The van der Waals surface area contributed by atoms with Crippen LogP contribution in [0.3, 0.4) is 0 Å². The van der Waals surface area contributed by atoms with Gasteiger partial charge in [0, 0.05) is 26.2 Å². The molecule has 0 bridgehead atoms. The average Bonchev–Trinajstić information content (AvgIpc) is 3.49. The number of amides is 1. The van der Waals surface area contributed by atoms with Gasteiger partial charge in [-0.1, -0.05) is 24.3 Å². The highest BCUT2D eigenvalue weighted by Crippen LogP contribution is 2.40. The van der Waals surface area contributed by atoms with E-state index in [-0.39, 0.29) is 17.7 Å². The Bertz CT molecular complexity index is 1360. The molecule has 182 valence electrons. The van der Waals surface area contributed by atoms with Crippen LogP contribution in [0.15, 0.2) is 87.8 Å². The van der Waals surface area contributed by atoms with Crippen molar-refractivity contribution in [1.29, 1.82) is 0 Å². The first-order valence-corrected chi connectivity index (χ1v) is 12.3. The molecular formula is C28H26N4O3S. The van der Waals surface area contributed by atoms with Crippen LogP contribution in [-0.2, 0) is 4.79 Å². The summed E-state index contributed by atoms with van der Waals surface area (Å²) in [5.74, 6) is 0.674. The number of rotatable bonds is 5. The van der Waals surface area contributed by atoms with Crippen molar-refractivity contribution in [3.63, 3.8) is 0 Å². The maximum atomic E-state index is 12.8. The summed E-state index contributed by atoms with van der Waals surface area (Å²) in [7, 11) is 5.67. The number of phenolic OH excluding ortho intramolecular Hbond substituents is 1. The molecule has 1 N–H and O–H groups in total. The fourth-order valence-corrected chi connectivity index (χ4v) is 5.03. The molecule has 7 nitrogen and oxygen atoms in total. The van der Waals surface area contributed by atoms with E-state index in [9.17, 15) is 9.90 Å². The highest BCUT2D eigenvalue weighted by molar-refractivity contribution is 8.18. The average molecular weight is 499 g/mol. The number of carbonyl (C=O) groups excluding carboxylic acids is 1.